The molecule has 1 aromatic carbocycles. The van der Waals surface area contributed by atoms with Crippen molar-refractivity contribution < 1.29 is 0 Å². The molecular weight excluding hydrogens is 502 g/mol. The maximum absolute atomic E-state index is 5.36. The van der Waals surface area contributed by atoms with E-state index >= 15 is 0 Å². The summed E-state index contributed by atoms with van der Waals surface area (Å²) in [4.78, 5) is 15.2. The summed E-state index contributed by atoms with van der Waals surface area (Å²) in [6.45, 7) is 0. The summed E-state index contributed by atoms with van der Waals surface area (Å²) in [6, 6.07) is 11.2. The molecule has 2 N–H and O–H groups in total. The zero-order valence-corrected chi connectivity index (χ0v) is 23.3. The lowest BCUT2D eigenvalue weighted by molar-refractivity contribution is 0.237. The molecule has 8 unspecified atom stereocenters. The van der Waals surface area contributed by atoms with Gasteiger partial charge in [0, 0.05) is 36.6 Å². The predicted octanol–water partition coefficient (Wildman–Crippen LogP) is 6.35. The number of nitrogens with zero attached hydrogens (tertiary/aromatic N) is 3. The lowest BCUT2D eigenvalue weighted by atomic mass is 9.60. The fraction of sp³-hybridized carbons (Fsp3) is 0.361. The van der Waals surface area contributed by atoms with Gasteiger partial charge in [0.15, 0.2) is 0 Å². The van der Waals surface area contributed by atoms with Crippen LogP contribution >= 0.6 is 0 Å². The number of aliphatic imine (C=N–C) groups is 3. The number of fused-ring (bicyclic) bond motifs is 2. The number of benzene rings is 1. The average molecular weight is 540 g/mol. The van der Waals surface area contributed by atoms with Crippen LogP contribution in [0.2, 0.25) is 0 Å². The maximum atomic E-state index is 5.36. The first-order chi connectivity index (χ1) is 20.3. The van der Waals surface area contributed by atoms with Crippen molar-refractivity contribution in [3.05, 3.63) is 119 Å². The largest absolute Gasteiger partial charge is 0.354 e. The lowest BCUT2D eigenvalue weighted by Gasteiger charge is -2.46. The van der Waals surface area contributed by atoms with Gasteiger partial charge < -0.3 is 5.32 Å². The summed E-state index contributed by atoms with van der Waals surface area (Å²) < 4.78 is 0. The Labute approximate surface area is 242 Å². The highest BCUT2D eigenvalue weighted by molar-refractivity contribution is 5.86. The Morgan fingerprint density at radius 2 is 1.80 bits per heavy atom. The fourth-order valence-corrected chi connectivity index (χ4v) is 7.79. The quantitative estimate of drug-likeness (QED) is 0.428. The lowest BCUT2D eigenvalue weighted by Crippen LogP contribution is -2.54. The minimum absolute atomic E-state index is 0.0499. The van der Waals surface area contributed by atoms with Crippen molar-refractivity contribution in [3.63, 3.8) is 0 Å². The summed E-state index contributed by atoms with van der Waals surface area (Å²) in [5.74, 6) is 2.62. The highest BCUT2D eigenvalue weighted by Gasteiger charge is 2.46. The van der Waals surface area contributed by atoms with Gasteiger partial charge in [-0.05, 0) is 65.5 Å². The Bertz CT molecular complexity index is 1510. The average Bonchev–Trinajstić information content (AvgIpc) is 3.48. The van der Waals surface area contributed by atoms with E-state index < -0.39 is 0 Å². The summed E-state index contributed by atoms with van der Waals surface area (Å²) in [7, 11) is 0. The van der Waals surface area contributed by atoms with Gasteiger partial charge in [-0.3, -0.25) is 15.3 Å². The summed E-state index contributed by atoms with van der Waals surface area (Å²) in [6.07, 6.45) is 32.6. The normalized spacial score (nSPS) is 36.6. The fourth-order valence-electron chi connectivity index (χ4n) is 7.79. The summed E-state index contributed by atoms with van der Waals surface area (Å²) in [5, 5.41) is 7.67. The molecule has 1 aromatic rings. The Morgan fingerprint density at radius 1 is 0.878 bits per heavy atom. The molecule has 0 bridgehead atoms. The molecule has 8 atom stereocenters. The molecular formula is C36H37N5. The van der Waals surface area contributed by atoms with Crippen molar-refractivity contribution in [1.29, 1.82) is 0 Å². The van der Waals surface area contributed by atoms with E-state index in [0.29, 0.717) is 29.7 Å². The number of allylic oxidation sites excluding steroid dienone is 9. The molecule has 41 heavy (non-hydrogen) atoms. The van der Waals surface area contributed by atoms with Crippen LogP contribution in [0.5, 0.6) is 0 Å². The molecule has 206 valence electrons. The van der Waals surface area contributed by atoms with E-state index in [4.69, 9.17) is 15.0 Å². The van der Waals surface area contributed by atoms with Crippen molar-refractivity contribution in [2.45, 2.75) is 56.5 Å². The van der Waals surface area contributed by atoms with E-state index in [9.17, 15) is 0 Å². The van der Waals surface area contributed by atoms with Crippen LogP contribution in [-0.4, -0.2) is 36.5 Å². The van der Waals surface area contributed by atoms with Crippen LogP contribution < -0.4 is 10.6 Å². The van der Waals surface area contributed by atoms with Crippen LogP contribution in [0.4, 0.5) is 0 Å². The van der Waals surface area contributed by atoms with Crippen LogP contribution in [0.1, 0.15) is 43.8 Å². The molecule has 8 rings (SSSR count). The van der Waals surface area contributed by atoms with Crippen LogP contribution in [0.15, 0.2) is 128 Å². The van der Waals surface area contributed by atoms with E-state index in [2.05, 4.69) is 108 Å². The minimum atomic E-state index is -0.0710. The number of hydrogen-bond donors (Lipinski definition) is 2. The molecule has 0 spiro atoms. The first kappa shape index (κ1) is 24.9. The van der Waals surface area contributed by atoms with Gasteiger partial charge in [0.2, 0.25) is 0 Å². The number of amidine groups is 1. The van der Waals surface area contributed by atoms with Gasteiger partial charge in [-0.25, -0.2) is 4.99 Å². The van der Waals surface area contributed by atoms with Gasteiger partial charge in [-0.1, -0.05) is 85.0 Å². The Balaban J connectivity index is 1.16. The van der Waals surface area contributed by atoms with E-state index in [1.54, 1.807) is 0 Å². The predicted molar refractivity (Wildman–Crippen MR) is 168 cm³/mol. The molecule has 7 aliphatic rings. The SMILES string of the molecule is C1=CC2=CC3=CC=NC3C(C3CC(C4=NC(c5ccccc5)NC(C5=CCCC=C5)N4)CC=C3C3CC=N3)C2C=C1. The van der Waals surface area contributed by atoms with Crippen molar-refractivity contribution in [2.75, 3.05) is 0 Å². The Hall–Kier alpha value is -3.83. The van der Waals surface area contributed by atoms with Gasteiger partial charge in [0.1, 0.15) is 18.2 Å². The van der Waals surface area contributed by atoms with Crippen LogP contribution in [0.25, 0.3) is 0 Å². The maximum Gasteiger partial charge on any atom is 0.129 e. The molecule has 0 aromatic heterocycles. The van der Waals surface area contributed by atoms with E-state index in [0.717, 1.165) is 37.9 Å². The van der Waals surface area contributed by atoms with Crippen molar-refractivity contribution >= 4 is 18.3 Å². The third-order valence-corrected chi connectivity index (χ3v) is 9.88. The van der Waals surface area contributed by atoms with Crippen molar-refractivity contribution in [3.8, 4) is 0 Å². The highest BCUT2D eigenvalue weighted by atomic mass is 15.3. The molecule has 5 nitrogen and oxygen atoms in total. The van der Waals surface area contributed by atoms with Crippen molar-refractivity contribution in [2.24, 2.45) is 38.6 Å². The van der Waals surface area contributed by atoms with Gasteiger partial charge in [-0.2, -0.15) is 0 Å². The summed E-state index contributed by atoms with van der Waals surface area (Å²) in [5.41, 5.74) is 6.83. The monoisotopic (exact) mass is 539 g/mol. The van der Waals surface area contributed by atoms with Crippen LogP contribution in [0, 0.1) is 23.7 Å². The van der Waals surface area contributed by atoms with E-state index in [1.807, 2.05) is 6.21 Å². The molecule has 5 heteroatoms. The zero-order valence-electron chi connectivity index (χ0n) is 23.3. The molecule has 0 saturated carbocycles. The van der Waals surface area contributed by atoms with Crippen LogP contribution in [0.3, 0.4) is 0 Å². The van der Waals surface area contributed by atoms with Crippen molar-refractivity contribution in [1.82, 2.24) is 10.6 Å². The first-order valence-electron chi connectivity index (χ1n) is 15.3. The number of rotatable bonds is 5. The third-order valence-electron chi connectivity index (χ3n) is 9.88. The van der Waals surface area contributed by atoms with E-state index in [1.165, 1.54) is 27.9 Å². The van der Waals surface area contributed by atoms with Gasteiger partial charge in [0.25, 0.3) is 0 Å². The van der Waals surface area contributed by atoms with E-state index in [-0.39, 0.29) is 18.4 Å². The van der Waals surface area contributed by atoms with Gasteiger partial charge >= 0.3 is 0 Å². The minimum Gasteiger partial charge on any atom is -0.354 e. The third kappa shape index (κ3) is 4.57. The molecule has 0 radical (unpaired) electrons. The molecule has 3 heterocycles. The number of hydrogen-bond acceptors (Lipinski definition) is 5. The zero-order chi connectivity index (χ0) is 27.2. The molecule has 4 aliphatic carbocycles. The van der Waals surface area contributed by atoms with Gasteiger partial charge in [0.05, 0.1) is 12.1 Å². The molecule has 3 aliphatic heterocycles. The second kappa shape index (κ2) is 10.5. The topological polar surface area (TPSA) is 61.1 Å². The Morgan fingerprint density at radius 3 is 2.63 bits per heavy atom. The first-order valence-corrected chi connectivity index (χ1v) is 15.3. The standard InChI is InChI=1S/C36H37N5/c1-3-9-23(10-4-1)34-39-35(24-11-5-2-6-12-24)41-36(40-34)27-15-16-29(31-18-20-37-31)30(22-27)32-28-14-8-7-13-25(28)21-26-17-19-38-33(26)32/h1,3-5,7-14,16-17,19-21,27-28,30-35,39H,2,6,15,18,22H2,(H,40,41). The van der Waals surface area contributed by atoms with Crippen LogP contribution in [-0.2, 0) is 0 Å². The molecule has 0 fully saturated rings. The summed E-state index contributed by atoms with van der Waals surface area (Å²) >= 11 is 0. The highest BCUT2D eigenvalue weighted by Crippen LogP contribution is 2.50. The molecule has 0 saturated heterocycles. The molecule has 0 amide bonds. The number of nitrogens with one attached hydrogen (secondary N) is 2. The second-order valence-electron chi connectivity index (χ2n) is 12.2. The second-order valence-corrected chi connectivity index (χ2v) is 12.2. The Kier molecular flexibility index (Phi) is 6.40. The smallest absolute Gasteiger partial charge is 0.129 e. The van der Waals surface area contributed by atoms with Gasteiger partial charge in [-0.15, -0.1) is 0 Å².